The van der Waals surface area contributed by atoms with E-state index < -0.39 is 9.84 Å². The van der Waals surface area contributed by atoms with E-state index in [1.54, 1.807) is 42.5 Å². The van der Waals surface area contributed by atoms with E-state index in [1.165, 1.54) is 11.8 Å². The Morgan fingerprint density at radius 2 is 1.69 bits per heavy atom. The van der Waals surface area contributed by atoms with E-state index in [0.29, 0.717) is 28.6 Å². The molecule has 0 fully saturated rings. The standard InChI is InChI=1S/C23H20ClNO3S/c1-29(27,28)22-7-3-4-16(14-22)17-8-9-20-15-25(11-10-18(20)12-17)23(26)19-5-2-6-21(24)13-19/h2-9,12-14H,10-11,15H2,1H3. The molecule has 3 aromatic rings. The third-order valence-electron chi connectivity index (χ3n) is 5.17. The number of amides is 1. The van der Waals surface area contributed by atoms with Crippen molar-refractivity contribution in [2.75, 3.05) is 12.8 Å². The van der Waals surface area contributed by atoms with Crippen molar-refractivity contribution in [1.29, 1.82) is 0 Å². The third kappa shape index (κ3) is 4.21. The highest BCUT2D eigenvalue weighted by Gasteiger charge is 2.22. The molecule has 0 bridgehead atoms. The van der Waals surface area contributed by atoms with E-state index in [-0.39, 0.29) is 5.91 Å². The Kier molecular flexibility index (Phi) is 5.19. The molecule has 6 heteroatoms. The molecule has 1 aliphatic rings. The normalized spacial score (nSPS) is 13.8. The van der Waals surface area contributed by atoms with Crippen molar-refractivity contribution >= 4 is 27.3 Å². The van der Waals surface area contributed by atoms with E-state index in [0.717, 1.165) is 23.1 Å². The quantitative estimate of drug-likeness (QED) is 0.615. The second-order valence-corrected chi connectivity index (χ2v) is 9.72. The first-order chi connectivity index (χ1) is 13.8. The van der Waals surface area contributed by atoms with Gasteiger partial charge < -0.3 is 4.90 Å². The minimum Gasteiger partial charge on any atom is -0.334 e. The van der Waals surface area contributed by atoms with Gasteiger partial charge >= 0.3 is 0 Å². The minimum absolute atomic E-state index is 0.0249. The van der Waals surface area contributed by atoms with Gasteiger partial charge in [-0.25, -0.2) is 8.42 Å². The zero-order valence-electron chi connectivity index (χ0n) is 15.9. The molecule has 0 spiro atoms. The first-order valence-electron chi connectivity index (χ1n) is 9.28. The monoisotopic (exact) mass is 425 g/mol. The summed E-state index contributed by atoms with van der Waals surface area (Å²) in [6.07, 6.45) is 1.96. The molecule has 0 aliphatic carbocycles. The number of hydrogen-bond acceptors (Lipinski definition) is 3. The number of sulfone groups is 1. The first kappa shape index (κ1) is 19.7. The van der Waals surface area contributed by atoms with Gasteiger partial charge in [-0.05, 0) is 59.0 Å². The number of fused-ring (bicyclic) bond motifs is 1. The molecule has 0 saturated heterocycles. The second-order valence-electron chi connectivity index (χ2n) is 7.27. The smallest absolute Gasteiger partial charge is 0.254 e. The van der Waals surface area contributed by atoms with Crippen molar-refractivity contribution in [2.24, 2.45) is 0 Å². The number of carbonyl (C=O) groups excluding carboxylic acids is 1. The van der Waals surface area contributed by atoms with Crippen LogP contribution >= 0.6 is 11.6 Å². The van der Waals surface area contributed by atoms with Crippen molar-refractivity contribution in [3.8, 4) is 11.1 Å². The van der Waals surface area contributed by atoms with Gasteiger partial charge in [0, 0.05) is 29.9 Å². The largest absolute Gasteiger partial charge is 0.334 e. The Hall–Kier alpha value is -2.63. The molecular formula is C23H20ClNO3S. The molecular weight excluding hydrogens is 406 g/mol. The molecule has 0 aromatic heterocycles. The maximum Gasteiger partial charge on any atom is 0.254 e. The van der Waals surface area contributed by atoms with Gasteiger partial charge in [0.05, 0.1) is 4.90 Å². The molecule has 4 rings (SSSR count). The molecule has 3 aromatic carbocycles. The fourth-order valence-electron chi connectivity index (χ4n) is 3.62. The molecule has 4 nitrogen and oxygen atoms in total. The van der Waals surface area contributed by atoms with Gasteiger partial charge in [-0.1, -0.05) is 48.0 Å². The molecule has 0 radical (unpaired) electrons. The summed E-state index contributed by atoms with van der Waals surface area (Å²) in [6, 6.07) is 20.1. The molecule has 1 aliphatic heterocycles. The third-order valence-corrected chi connectivity index (χ3v) is 6.52. The van der Waals surface area contributed by atoms with Gasteiger partial charge in [-0.2, -0.15) is 0 Å². The van der Waals surface area contributed by atoms with Crippen molar-refractivity contribution in [1.82, 2.24) is 4.90 Å². The Bertz CT molecular complexity index is 1200. The topological polar surface area (TPSA) is 54.5 Å². The van der Waals surface area contributed by atoms with Crippen molar-refractivity contribution < 1.29 is 13.2 Å². The van der Waals surface area contributed by atoms with E-state index in [1.807, 2.05) is 23.1 Å². The summed E-state index contributed by atoms with van der Waals surface area (Å²) in [7, 11) is -3.25. The van der Waals surface area contributed by atoms with Gasteiger partial charge in [0.25, 0.3) is 5.91 Å². The molecule has 1 heterocycles. The number of carbonyl (C=O) groups is 1. The SMILES string of the molecule is CS(=O)(=O)c1cccc(-c2ccc3c(c2)CCN(C(=O)c2cccc(Cl)c2)C3)c1. The van der Waals surface area contributed by atoms with Gasteiger partial charge in [-0.15, -0.1) is 0 Å². The number of halogens is 1. The summed E-state index contributed by atoms with van der Waals surface area (Å²) in [4.78, 5) is 14.9. The van der Waals surface area contributed by atoms with Crippen LogP contribution in [0.1, 0.15) is 21.5 Å². The summed E-state index contributed by atoms with van der Waals surface area (Å²) in [5.41, 5.74) is 4.73. The predicted octanol–water partition coefficient (Wildman–Crippen LogP) is 4.61. The van der Waals surface area contributed by atoms with E-state index in [4.69, 9.17) is 11.6 Å². The van der Waals surface area contributed by atoms with Crippen LogP contribution in [-0.2, 0) is 22.8 Å². The summed E-state index contributed by atoms with van der Waals surface area (Å²) in [5, 5.41) is 0.550. The average molecular weight is 426 g/mol. The second kappa shape index (κ2) is 7.65. The lowest BCUT2D eigenvalue weighted by Gasteiger charge is -2.29. The van der Waals surface area contributed by atoms with Crippen molar-refractivity contribution in [2.45, 2.75) is 17.9 Å². The van der Waals surface area contributed by atoms with Crippen LogP contribution in [-0.4, -0.2) is 32.0 Å². The summed E-state index contributed by atoms with van der Waals surface area (Å²) in [5.74, 6) is -0.0249. The lowest BCUT2D eigenvalue weighted by atomic mass is 9.94. The van der Waals surface area contributed by atoms with Crippen molar-refractivity contribution in [3.63, 3.8) is 0 Å². The average Bonchev–Trinajstić information content (AvgIpc) is 2.72. The first-order valence-corrected chi connectivity index (χ1v) is 11.6. The number of hydrogen-bond donors (Lipinski definition) is 0. The zero-order chi connectivity index (χ0) is 20.6. The maximum atomic E-state index is 12.8. The van der Waals surface area contributed by atoms with Crippen LogP contribution in [0.15, 0.2) is 71.6 Å². The molecule has 0 N–H and O–H groups in total. The van der Waals surface area contributed by atoms with Gasteiger partial charge in [-0.3, -0.25) is 4.79 Å². The zero-order valence-corrected chi connectivity index (χ0v) is 17.5. The van der Waals surface area contributed by atoms with Crippen LogP contribution < -0.4 is 0 Å². The fourth-order valence-corrected chi connectivity index (χ4v) is 4.47. The summed E-state index contributed by atoms with van der Waals surface area (Å²) >= 11 is 6.02. The molecule has 0 saturated carbocycles. The Labute approximate surface area is 175 Å². The Morgan fingerprint density at radius 1 is 0.931 bits per heavy atom. The predicted molar refractivity (Wildman–Crippen MR) is 115 cm³/mol. The van der Waals surface area contributed by atoms with Crippen LogP contribution in [0.2, 0.25) is 5.02 Å². The van der Waals surface area contributed by atoms with Crippen LogP contribution in [0.4, 0.5) is 0 Å². The Balaban J connectivity index is 1.59. The highest BCUT2D eigenvalue weighted by molar-refractivity contribution is 7.90. The van der Waals surface area contributed by atoms with E-state index in [2.05, 4.69) is 6.07 Å². The number of nitrogens with zero attached hydrogens (tertiary/aromatic N) is 1. The number of rotatable bonds is 3. The van der Waals surface area contributed by atoms with Gasteiger partial charge in [0.1, 0.15) is 0 Å². The molecule has 0 atom stereocenters. The van der Waals surface area contributed by atoms with Crippen LogP contribution in [0.5, 0.6) is 0 Å². The van der Waals surface area contributed by atoms with Crippen LogP contribution in [0.25, 0.3) is 11.1 Å². The molecule has 29 heavy (non-hydrogen) atoms. The highest BCUT2D eigenvalue weighted by Crippen LogP contribution is 2.28. The highest BCUT2D eigenvalue weighted by atomic mass is 35.5. The molecule has 1 amide bonds. The van der Waals surface area contributed by atoms with Crippen LogP contribution in [0, 0.1) is 0 Å². The lowest BCUT2D eigenvalue weighted by molar-refractivity contribution is 0.0734. The minimum atomic E-state index is -3.25. The summed E-state index contributed by atoms with van der Waals surface area (Å²) in [6.45, 7) is 1.18. The fraction of sp³-hybridized carbons (Fsp3) is 0.174. The number of benzene rings is 3. The maximum absolute atomic E-state index is 12.8. The Morgan fingerprint density at radius 3 is 2.45 bits per heavy atom. The van der Waals surface area contributed by atoms with E-state index >= 15 is 0 Å². The molecule has 0 unspecified atom stereocenters. The summed E-state index contributed by atoms with van der Waals surface area (Å²) < 4.78 is 23.7. The van der Waals surface area contributed by atoms with E-state index in [9.17, 15) is 13.2 Å². The van der Waals surface area contributed by atoms with Gasteiger partial charge in [0.2, 0.25) is 0 Å². The van der Waals surface area contributed by atoms with Crippen LogP contribution in [0.3, 0.4) is 0 Å². The van der Waals surface area contributed by atoms with Crippen molar-refractivity contribution in [3.05, 3.63) is 88.4 Å². The van der Waals surface area contributed by atoms with Gasteiger partial charge in [0.15, 0.2) is 9.84 Å². The molecule has 148 valence electrons. The lowest BCUT2D eigenvalue weighted by Crippen LogP contribution is -2.35.